The summed E-state index contributed by atoms with van der Waals surface area (Å²) in [6, 6.07) is 6.16. The summed E-state index contributed by atoms with van der Waals surface area (Å²) in [7, 11) is -3.60. The highest BCUT2D eigenvalue weighted by Gasteiger charge is 2.38. The van der Waals surface area contributed by atoms with Gasteiger partial charge >= 0.3 is 6.18 Å². The molecule has 28 heavy (non-hydrogen) atoms. The van der Waals surface area contributed by atoms with Crippen molar-refractivity contribution in [2.24, 2.45) is 0 Å². The van der Waals surface area contributed by atoms with Crippen LogP contribution in [0.2, 0.25) is 0 Å². The summed E-state index contributed by atoms with van der Waals surface area (Å²) in [5, 5.41) is 10.6. The standard InChI is InChI=1S/C14H12BrF3N6O2S2/c15-9-1-4-12(27-9)28(25,26)23-7-5-22(6-8-23)11-3-2-10-19-20-13(14(16,17)18)24(10)21-11/h1-4H,5-8H2. The van der Waals surface area contributed by atoms with Crippen molar-refractivity contribution in [3.05, 3.63) is 33.9 Å². The monoisotopic (exact) mass is 496 g/mol. The van der Waals surface area contributed by atoms with E-state index in [4.69, 9.17) is 0 Å². The van der Waals surface area contributed by atoms with Crippen LogP contribution in [0.5, 0.6) is 0 Å². The van der Waals surface area contributed by atoms with Gasteiger partial charge in [0.25, 0.3) is 15.8 Å². The maximum atomic E-state index is 13.0. The Morgan fingerprint density at radius 1 is 1.04 bits per heavy atom. The third kappa shape index (κ3) is 3.49. The maximum Gasteiger partial charge on any atom is 0.453 e. The van der Waals surface area contributed by atoms with Crippen LogP contribution < -0.4 is 4.90 Å². The van der Waals surface area contributed by atoms with E-state index < -0.39 is 22.0 Å². The summed E-state index contributed by atoms with van der Waals surface area (Å²) < 4.78 is 67.4. The zero-order valence-corrected chi connectivity index (χ0v) is 17.2. The molecule has 0 bridgehead atoms. The number of piperazine rings is 1. The fourth-order valence-corrected chi connectivity index (χ4v) is 6.43. The molecule has 14 heteroatoms. The van der Waals surface area contributed by atoms with Crippen LogP contribution in [0, 0.1) is 0 Å². The molecule has 0 aliphatic carbocycles. The van der Waals surface area contributed by atoms with Gasteiger partial charge in [-0.15, -0.1) is 26.6 Å². The van der Waals surface area contributed by atoms with E-state index in [-0.39, 0.29) is 22.9 Å². The minimum absolute atomic E-state index is 0.0134. The Labute approximate surface area is 169 Å². The summed E-state index contributed by atoms with van der Waals surface area (Å²) in [6.45, 7) is 0.999. The lowest BCUT2D eigenvalue weighted by Gasteiger charge is -2.34. The van der Waals surface area contributed by atoms with Crippen molar-refractivity contribution in [3.8, 4) is 0 Å². The van der Waals surface area contributed by atoms with E-state index in [1.807, 2.05) is 0 Å². The lowest BCUT2D eigenvalue weighted by atomic mass is 10.3. The largest absolute Gasteiger partial charge is 0.453 e. The van der Waals surface area contributed by atoms with Crippen molar-refractivity contribution in [2.45, 2.75) is 10.4 Å². The van der Waals surface area contributed by atoms with Crippen LogP contribution in [0.1, 0.15) is 5.82 Å². The van der Waals surface area contributed by atoms with Gasteiger partial charge in [0.05, 0.1) is 3.79 Å². The first-order chi connectivity index (χ1) is 13.2. The molecule has 150 valence electrons. The van der Waals surface area contributed by atoms with Crippen LogP contribution in [-0.4, -0.2) is 58.7 Å². The topological polar surface area (TPSA) is 83.7 Å². The summed E-state index contributed by atoms with van der Waals surface area (Å²) in [6.07, 6.45) is -4.67. The van der Waals surface area contributed by atoms with Crippen LogP contribution in [-0.2, 0) is 16.2 Å². The van der Waals surface area contributed by atoms with Crippen molar-refractivity contribution in [3.63, 3.8) is 0 Å². The summed E-state index contributed by atoms with van der Waals surface area (Å²) in [5.74, 6) is -0.900. The highest BCUT2D eigenvalue weighted by atomic mass is 79.9. The second kappa shape index (κ2) is 6.93. The van der Waals surface area contributed by atoms with E-state index in [9.17, 15) is 21.6 Å². The van der Waals surface area contributed by atoms with E-state index in [1.165, 1.54) is 16.4 Å². The van der Waals surface area contributed by atoms with E-state index in [1.54, 1.807) is 17.0 Å². The molecule has 0 atom stereocenters. The van der Waals surface area contributed by atoms with Crippen molar-refractivity contribution >= 4 is 48.8 Å². The van der Waals surface area contributed by atoms with Gasteiger partial charge < -0.3 is 4.90 Å². The smallest absolute Gasteiger partial charge is 0.353 e. The zero-order valence-electron chi connectivity index (χ0n) is 14.0. The molecule has 0 aromatic carbocycles. The third-order valence-corrected chi connectivity index (χ3v) is 8.20. The van der Waals surface area contributed by atoms with Gasteiger partial charge in [0, 0.05) is 26.2 Å². The molecule has 0 saturated carbocycles. The number of nitrogens with zero attached hydrogens (tertiary/aromatic N) is 6. The number of hydrogen-bond donors (Lipinski definition) is 0. The molecule has 1 aliphatic rings. The minimum Gasteiger partial charge on any atom is -0.353 e. The summed E-state index contributed by atoms with van der Waals surface area (Å²) in [5.41, 5.74) is -0.0134. The van der Waals surface area contributed by atoms with E-state index in [2.05, 4.69) is 31.2 Å². The Hall–Kier alpha value is -1.77. The number of hydrogen-bond acceptors (Lipinski definition) is 7. The molecule has 0 radical (unpaired) electrons. The van der Waals surface area contributed by atoms with Crippen LogP contribution >= 0.6 is 27.3 Å². The Morgan fingerprint density at radius 3 is 2.36 bits per heavy atom. The van der Waals surface area contributed by atoms with Crippen molar-refractivity contribution in [1.82, 2.24) is 24.1 Å². The fraction of sp³-hybridized carbons (Fsp3) is 0.357. The van der Waals surface area contributed by atoms with E-state index in [0.717, 1.165) is 15.1 Å². The molecule has 1 saturated heterocycles. The molecule has 1 fully saturated rings. The molecule has 8 nitrogen and oxygen atoms in total. The van der Waals surface area contributed by atoms with Gasteiger partial charge in [-0.25, -0.2) is 8.42 Å². The Kier molecular flexibility index (Phi) is 4.84. The first-order valence-corrected chi connectivity index (χ1v) is 11.0. The Balaban J connectivity index is 1.54. The predicted octanol–water partition coefficient (Wildman–Crippen LogP) is 2.48. The normalized spacial score (nSPS) is 16.8. The highest BCUT2D eigenvalue weighted by Crippen LogP contribution is 2.30. The average Bonchev–Trinajstić information content (AvgIpc) is 3.27. The lowest BCUT2D eigenvalue weighted by Crippen LogP contribution is -2.48. The zero-order chi connectivity index (χ0) is 20.1. The minimum atomic E-state index is -4.67. The van der Waals surface area contributed by atoms with Gasteiger partial charge in [-0.3, -0.25) is 0 Å². The predicted molar refractivity (Wildman–Crippen MR) is 98.8 cm³/mol. The van der Waals surface area contributed by atoms with Crippen LogP contribution in [0.15, 0.2) is 32.3 Å². The number of fused-ring (bicyclic) bond motifs is 1. The number of anilines is 1. The molecule has 1 aliphatic heterocycles. The molecular weight excluding hydrogens is 485 g/mol. The first kappa shape index (κ1) is 19.5. The molecule has 0 N–H and O–H groups in total. The van der Waals surface area contributed by atoms with Crippen LogP contribution in [0.4, 0.5) is 19.0 Å². The molecule has 0 spiro atoms. The van der Waals surface area contributed by atoms with E-state index in [0.29, 0.717) is 23.4 Å². The molecule has 3 aromatic heterocycles. The van der Waals surface area contributed by atoms with Gasteiger partial charge in [0.2, 0.25) is 0 Å². The Bertz CT molecular complexity index is 1120. The van der Waals surface area contributed by atoms with Crippen LogP contribution in [0.25, 0.3) is 5.65 Å². The highest BCUT2D eigenvalue weighted by molar-refractivity contribution is 9.11. The quantitative estimate of drug-likeness (QED) is 0.553. The van der Waals surface area contributed by atoms with Crippen molar-refractivity contribution < 1.29 is 21.6 Å². The number of sulfonamides is 1. The van der Waals surface area contributed by atoms with E-state index >= 15 is 0 Å². The van der Waals surface area contributed by atoms with Gasteiger partial charge in [0.1, 0.15) is 10.0 Å². The number of alkyl halides is 3. The summed E-state index contributed by atoms with van der Waals surface area (Å²) in [4.78, 5) is 1.73. The van der Waals surface area contributed by atoms with Crippen LogP contribution in [0.3, 0.4) is 0 Å². The molecular formula is C14H12BrF3N6O2S2. The number of rotatable bonds is 3. The fourth-order valence-electron chi connectivity index (χ4n) is 2.85. The second-order valence-electron chi connectivity index (χ2n) is 5.93. The number of halogens is 4. The molecule has 4 rings (SSSR count). The van der Waals surface area contributed by atoms with Gasteiger partial charge in [-0.2, -0.15) is 22.0 Å². The number of thiophene rings is 1. The van der Waals surface area contributed by atoms with Gasteiger partial charge in [-0.05, 0) is 40.2 Å². The average molecular weight is 497 g/mol. The lowest BCUT2D eigenvalue weighted by molar-refractivity contribution is -0.146. The van der Waals surface area contributed by atoms with Gasteiger partial charge in [-0.1, -0.05) is 0 Å². The number of aromatic nitrogens is 4. The maximum absolute atomic E-state index is 13.0. The molecule has 0 amide bonds. The summed E-state index contributed by atoms with van der Waals surface area (Å²) >= 11 is 4.38. The van der Waals surface area contributed by atoms with Gasteiger partial charge in [0.15, 0.2) is 5.65 Å². The molecule has 0 unspecified atom stereocenters. The first-order valence-electron chi connectivity index (χ1n) is 7.96. The van der Waals surface area contributed by atoms with Crippen molar-refractivity contribution in [2.75, 3.05) is 31.1 Å². The molecule has 3 aromatic rings. The SMILES string of the molecule is O=S(=O)(c1ccc(Br)s1)N1CCN(c2ccc3nnc(C(F)(F)F)n3n2)CC1. The Morgan fingerprint density at radius 2 is 1.75 bits per heavy atom. The molecule has 4 heterocycles. The second-order valence-corrected chi connectivity index (χ2v) is 10.6. The van der Waals surface area contributed by atoms with Crippen molar-refractivity contribution in [1.29, 1.82) is 0 Å². The third-order valence-electron chi connectivity index (χ3n) is 4.21.